The monoisotopic (exact) mass is 677 g/mol. The molecule has 2 N–H and O–H groups in total. The van der Waals surface area contributed by atoms with Crippen molar-refractivity contribution in [3.63, 3.8) is 0 Å². The number of benzene rings is 2. The van der Waals surface area contributed by atoms with Gasteiger partial charge in [-0.3, -0.25) is 4.90 Å². The highest BCUT2D eigenvalue weighted by atomic mass is 35.5. The fraction of sp³-hybridized carbons (Fsp3) is 0.568. The Kier molecular flexibility index (Phi) is 7.42. The molecule has 4 heterocycles. The third-order valence-electron chi connectivity index (χ3n) is 11.7. The molecule has 1 spiro atoms. The van der Waals surface area contributed by atoms with Crippen LogP contribution < -0.4 is 15.0 Å². The van der Waals surface area contributed by atoms with Crippen molar-refractivity contribution in [3.8, 4) is 6.01 Å². The zero-order valence-corrected chi connectivity index (χ0v) is 28.1. The van der Waals surface area contributed by atoms with Crippen LogP contribution in [0, 0.1) is 17.0 Å². The van der Waals surface area contributed by atoms with E-state index in [-0.39, 0.29) is 51.1 Å². The highest BCUT2D eigenvalue weighted by molar-refractivity contribution is 6.32. The molecule has 1 aromatic heterocycles. The first-order chi connectivity index (χ1) is 23.2. The van der Waals surface area contributed by atoms with Gasteiger partial charge in [-0.15, -0.1) is 0 Å². The van der Waals surface area contributed by atoms with Gasteiger partial charge in [0.15, 0.2) is 5.82 Å². The quantitative estimate of drug-likeness (QED) is 0.279. The molecule has 3 aromatic rings. The van der Waals surface area contributed by atoms with Crippen molar-refractivity contribution in [1.82, 2.24) is 20.2 Å². The van der Waals surface area contributed by atoms with E-state index in [1.165, 1.54) is 6.07 Å². The van der Waals surface area contributed by atoms with Gasteiger partial charge >= 0.3 is 6.01 Å². The van der Waals surface area contributed by atoms with Gasteiger partial charge in [-0.1, -0.05) is 24.6 Å². The molecule has 5 fully saturated rings. The van der Waals surface area contributed by atoms with Gasteiger partial charge in [0.25, 0.3) is 0 Å². The van der Waals surface area contributed by atoms with E-state index in [2.05, 4.69) is 15.1 Å². The zero-order chi connectivity index (χ0) is 32.8. The van der Waals surface area contributed by atoms with Crippen LogP contribution in [0.5, 0.6) is 6.01 Å². The molecule has 254 valence electrons. The minimum Gasteiger partial charge on any atom is -0.512 e. The van der Waals surface area contributed by atoms with E-state index in [0.717, 1.165) is 77.9 Å². The summed E-state index contributed by atoms with van der Waals surface area (Å²) in [6.07, 6.45) is 8.78. The van der Waals surface area contributed by atoms with Crippen molar-refractivity contribution < 1.29 is 23.4 Å². The summed E-state index contributed by atoms with van der Waals surface area (Å²) in [5.74, 6) is -0.876. The number of hydrogen-bond acceptors (Lipinski definition) is 8. The van der Waals surface area contributed by atoms with Crippen LogP contribution >= 0.6 is 11.6 Å². The first-order valence-corrected chi connectivity index (χ1v) is 18.0. The highest BCUT2D eigenvalue weighted by Crippen LogP contribution is 2.50. The largest absolute Gasteiger partial charge is 0.512 e. The maximum absolute atomic E-state index is 17.2. The lowest BCUT2D eigenvalue weighted by atomic mass is 9.78. The zero-order valence-electron chi connectivity index (χ0n) is 27.3. The Morgan fingerprint density at radius 3 is 2.62 bits per heavy atom. The predicted molar refractivity (Wildman–Crippen MR) is 181 cm³/mol. The van der Waals surface area contributed by atoms with Crippen molar-refractivity contribution in [3.05, 3.63) is 62.9 Å². The Hall–Kier alpha value is -3.05. The highest BCUT2D eigenvalue weighted by Gasteiger charge is 2.51. The number of nitrogens with one attached hydrogen (secondary N) is 1. The fourth-order valence-corrected chi connectivity index (χ4v) is 9.16. The Bertz CT molecular complexity index is 1820. The maximum Gasteiger partial charge on any atom is 0.319 e. The summed E-state index contributed by atoms with van der Waals surface area (Å²) < 4.78 is 44.7. The molecular weight excluding hydrogens is 636 g/mol. The minimum absolute atomic E-state index is 0.0278. The fourth-order valence-electron chi connectivity index (χ4n) is 8.84. The maximum atomic E-state index is 17.2. The Morgan fingerprint density at radius 2 is 1.90 bits per heavy atom. The van der Waals surface area contributed by atoms with Crippen LogP contribution in [-0.2, 0) is 11.2 Å². The number of hydrogen-bond donors (Lipinski definition) is 2. The number of aliphatic hydroxyl groups is 1. The molecule has 6 aliphatic rings. The number of allylic oxidation sites excluding steroid dienone is 1. The normalized spacial score (nSPS) is 26.9. The number of morpholine rings is 1. The van der Waals surface area contributed by atoms with Crippen LogP contribution in [0.15, 0.2) is 24.0 Å². The van der Waals surface area contributed by atoms with E-state index in [1.54, 1.807) is 18.2 Å². The van der Waals surface area contributed by atoms with E-state index in [0.29, 0.717) is 53.0 Å². The number of rotatable bonds is 8. The molecule has 8 nitrogen and oxygen atoms in total. The summed E-state index contributed by atoms with van der Waals surface area (Å²) in [5, 5.41) is 15.2. The molecule has 2 bridgehead atoms. The second kappa shape index (κ2) is 11.5. The van der Waals surface area contributed by atoms with Crippen LogP contribution in [0.4, 0.5) is 14.6 Å². The lowest BCUT2D eigenvalue weighted by Crippen LogP contribution is -2.51. The SMILES string of the molecule is CCc1c(F)ccc2c1C(c1c(Cl)cc3c(N4CC5CCC(C4)N5)nc(OCC4(CN5CCOC6(CC6)C5)CC4)nc3c1F)CC(O)=C2. The molecule has 3 unspecified atom stereocenters. The Morgan fingerprint density at radius 1 is 1.10 bits per heavy atom. The number of piperazine rings is 1. The molecule has 11 heteroatoms. The predicted octanol–water partition coefficient (Wildman–Crippen LogP) is 6.52. The summed E-state index contributed by atoms with van der Waals surface area (Å²) in [5.41, 5.74) is 2.28. The lowest BCUT2D eigenvalue weighted by Gasteiger charge is -2.35. The number of halogens is 3. The van der Waals surface area contributed by atoms with Gasteiger partial charge in [0, 0.05) is 78.5 Å². The van der Waals surface area contributed by atoms with Crippen molar-refractivity contribution in [2.24, 2.45) is 5.41 Å². The standard InChI is InChI=1S/C37H42ClF2N5O3/c1-2-25-29(39)6-3-21-13-24(46)14-26(30(21)25)31-28(38)15-27-33(32(31)40)42-35(43-34(27)45-16-22-4-5-23(17-45)41-22)47-20-36(7-8-36)18-44-11-12-48-37(19-44)9-10-37/h3,6,13,15,22-23,26,41,46H,2,4-5,7-12,14,16-20H2,1H3. The van der Waals surface area contributed by atoms with Crippen LogP contribution in [0.25, 0.3) is 17.0 Å². The molecule has 2 aromatic carbocycles. The second-order valence-electron chi connectivity index (χ2n) is 15.2. The van der Waals surface area contributed by atoms with E-state index >= 15 is 8.78 Å². The van der Waals surface area contributed by atoms with E-state index in [1.807, 2.05) is 6.92 Å². The number of aliphatic hydroxyl groups excluding tert-OH is 1. The van der Waals surface area contributed by atoms with Crippen molar-refractivity contribution in [2.45, 2.75) is 81.9 Å². The first kappa shape index (κ1) is 31.0. The summed E-state index contributed by atoms with van der Waals surface area (Å²) >= 11 is 6.99. The number of aromatic nitrogens is 2. The van der Waals surface area contributed by atoms with Gasteiger partial charge in [0.2, 0.25) is 0 Å². The topological polar surface area (TPSA) is 83.0 Å². The Balaban J connectivity index is 1.10. The van der Waals surface area contributed by atoms with Crippen LogP contribution in [0.1, 0.15) is 80.0 Å². The minimum atomic E-state index is -0.677. The summed E-state index contributed by atoms with van der Waals surface area (Å²) in [6.45, 7) is 7.47. The van der Waals surface area contributed by atoms with Gasteiger partial charge in [0.05, 0.1) is 24.6 Å². The number of nitrogens with zero attached hydrogens (tertiary/aromatic N) is 4. The number of anilines is 1. The molecule has 3 aliphatic carbocycles. The van der Waals surface area contributed by atoms with Gasteiger partial charge in [-0.25, -0.2) is 8.78 Å². The number of fused-ring (bicyclic) bond motifs is 4. The third kappa shape index (κ3) is 5.43. The average molecular weight is 678 g/mol. The smallest absolute Gasteiger partial charge is 0.319 e. The lowest BCUT2D eigenvalue weighted by molar-refractivity contribution is -0.0532. The average Bonchev–Trinajstić information content (AvgIpc) is 3.99. The van der Waals surface area contributed by atoms with E-state index < -0.39 is 11.7 Å². The molecule has 9 rings (SSSR count). The third-order valence-corrected chi connectivity index (χ3v) is 12.0. The first-order valence-electron chi connectivity index (χ1n) is 17.6. The summed E-state index contributed by atoms with van der Waals surface area (Å²) in [4.78, 5) is 14.4. The second-order valence-corrected chi connectivity index (χ2v) is 15.6. The van der Waals surface area contributed by atoms with Gasteiger partial charge in [-0.05, 0) is 79.8 Å². The molecule has 0 radical (unpaired) electrons. The molecule has 0 amide bonds. The summed E-state index contributed by atoms with van der Waals surface area (Å²) in [6, 6.07) is 5.64. The molecule has 3 atom stereocenters. The van der Waals surface area contributed by atoms with Gasteiger partial charge in [0.1, 0.15) is 17.2 Å². The molecule has 48 heavy (non-hydrogen) atoms. The molecular formula is C37H42ClF2N5O3. The molecule has 3 saturated heterocycles. The van der Waals surface area contributed by atoms with Gasteiger partial charge < -0.3 is 24.8 Å². The summed E-state index contributed by atoms with van der Waals surface area (Å²) in [7, 11) is 0. The van der Waals surface area contributed by atoms with E-state index in [4.69, 9.17) is 31.0 Å². The van der Waals surface area contributed by atoms with Crippen LogP contribution in [-0.4, -0.2) is 83.6 Å². The van der Waals surface area contributed by atoms with Crippen molar-refractivity contribution >= 4 is 34.4 Å². The molecule has 2 saturated carbocycles. The van der Waals surface area contributed by atoms with E-state index in [9.17, 15) is 5.11 Å². The van der Waals surface area contributed by atoms with Crippen LogP contribution in [0.3, 0.4) is 0 Å². The number of ether oxygens (including phenoxy) is 2. The van der Waals surface area contributed by atoms with Crippen molar-refractivity contribution in [1.29, 1.82) is 0 Å². The van der Waals surface area contributed by atoms with Gasteiger partial charge in [-0.2, -0.15) is 9.97 Å². The Labute approximate surface area is 284 Å². The molecule has 3 aliphatic heterocycles. The van der Waals surface area contributed by atoms with Crippen LogP contribution in [0.2, 0.25) is 5.02 Å². The van der Waals surface area contributed by atoms with Crippen molar-refractivity contribution in [2.75, 3.05) is 50.8 Å².